The van der Waals surface area contributed by atoms with E-state index in [1.807, 2.05) is 36.4 Å². The molecule has 1 heterocycles. The molecule has 8 heteroatoms. The Morgan fingerprint density at radius 2 is 1.82 bits per heavy atom. The van der Waals surface area contributed by atoms with Crippen LogP contribution in [0.4, 0.5) is 5.00 Å². The quantitative estimate of drug-likeness (QED) is 0.620. The summed E-state index contributed by atoms with van der Waals surface area (Å²) >= 11 is 0.927. The van der Waals surface area contributed by atoms with Crippen LogP contribution in [-0.4, -0.2) is 31.5 Å². The van der Waals surface area contributed by atoms with Crippen LogP contribution in [-0.2, 0) is 9.53 Å². The molecule has 0 aliphatic heterocycles. The zero-order chi connectivity index (χ0) is 20.3. The molecule has 144 valence electrons. The van der Waals surface area contributed by atoms with Crippen LogP contribution < -0.4 is 15.8 Å². The second-order valence-corrected chi connectivity index (χ2v) is 6.98. The van der Waals surface area contributed by atoms with Crippen molar-refractivity contribution in [2.24, 2.45) is 5.73 Å². The summed E-state index contributed by atoms with van der Waals surface area (Å²) in [6, 6.07) is 13.3. The number of primary amides is 1. The minimum Gasteiger partial charge on any atom is -0.484 e. The number of thiophene rings is 1. The average Bonchev–Trinajstić information content (AvgIpc) is 3.01. The number of benzene rings is 2. The lowest BCUT2D eigenvalue weighted by Crippen LogP contribution is -2.21. The monoisotopic (exact) mass is 398 g/mol. The van der Waals surface area contributed by atoms with Crippen LogP contribution in [0.3, 0.4) is 0 Å². The lowest BCUT2D eigenvalue weighted by Gasteiger charge is -2.09. The number of carbonyl (C=O) groups is 3. The van der Waals surface area contributed by atoms with Crippen LogP contribution in [0.1, 0.15) is 25.6 Å². The van der Waals surface area contributed by atoms with Gasteiger partial charge in [0.05, 0.1) is 17.6 Å². The third kappa shape index (κ3) is 3.96. The summed E-state index contributed by atoms with van der Waals surface area (Å²) < 4.78 is 10.3. The second-order valence-electron chi connectivity index (χ2n) is 5.96. The van der Waals surface area contributed by atoms with Gasteiger partial charge in [-0.1, -0.05) is 30.3 Å². The first-order valence-corrected chi connectivity index (χ1v) is 9.15. The molecular weight excluding hydrogens is 380 g/mol. The van der Waals surface area contributed by atoms with Crippen LogP contribution >= 0.6 is 11.3 Å². The summed E-state index contributed by atoms with van der Waals surface area (Å²) in [4.78, 5) is 36.1. The summed E-state index contributed by atoms with van der Waals surface area (Å²) in [5.41, 5.74) is 5.81. The molecule has 3 N–H and O–H groups in total. The van der Waals surface area contributed by atoms with Gasteiger partial charge in [0.15, 0.2) is 6.61 Å². The SMILES string of the molecule is COC(=O)c1c(NC(=O)COc2ccc3ccccc3c2)sc(C(N)=O)c1C. The average molecular weight is 398 g/mol. The van der Waals surface area contributed by atoms with Gasteiger partial charge < -0.3 is 20.5 Å². The van der Waals surface area contributed by atoms with E-state index in [0.29, 0.717) is 11.3 Å². The fraction of sp³-hybridized carbons (Fsp3) is 0.150. The highest BCUT2D eigenvalue weighted by atomic mass is 32.1. The van der Waals surface area contributed by atoms with E-state index < -0.39 is 17.8 Å². The van der Waals surface area contributed by atoms with Crippen LogP contribution in [0.5, 0.6) is 5.75 Å². The number of hydrogen-bond acceptors (Lipinski definition) is 6. The molecule has 3 aromatic rings. The molecule has 0 fully saturated rings. The number of hydrogen-bond donors (Lipinski definition) is 2. The van der Waals surface area contributed by atoms with E-state index in [4.69, 9.17) is 15.2 Å². The van der Waals surface area contributed by atoms with Crippen molar-refractivity contribution in [1.29, 1.82) is 0 Å². The number of nitrogens with two attached hydrogens (primary N) is 1. The maximum Gasteiger partial charge on any atom is 0.341 e. The van der Waals surface area contributed by atoms with Crippen molar-refractivity contribution in [3.05, 3.63) is 58.5 Å². The molecule has 1 aromatic heterocycles. The second kappa shape index (κ2) is 8.10. The first-order chi connectivity index (χ1) is 13.4. The van der Waals surface area contributed by atoms with Gasteiger partial charge in [-0.2, -0.15) is 0 Å². The number of anilines is 1. The Hall–Kier alpha value is -3.39. The summed E-state index contributed by atoms with van der Waals surface area (Å²) in [5.74, 6) is -1.27. The van der Waals surface area contributed by atoms with E-state index in [-0.39, 0.29) is 22.0 Å². The minimum atomic E-state index is -0.680. The topological polar surface area (TPSA) is 108 Å². The van der Waals surface area contributed by atoms with Crippen LogP contribution in [0.2, 0.25) is 0 Å². The molecule has 0 radical (unpaired) electrons. The fourth-order valence-corrected chi connectivity index (χ4v) is 3.82. The van der Waals surface area contributed by atoms with Gasteiger partial charge in [0, 0.05) is 0 Å². The van der Waals surface area contributed by atoms with Gasteiger partial charge in [0.1, 0.15) is 10.8 Å². The maximum atomic E-state index is 12.3. The number of rotatable bonds is 6. The Labute approximate surface area is 165 Å². The molecule has 0 aliphatic rings. The molecular formula is C20H18N2O5S. The number of fused-ring (bicyclic) bond motifs is 1. The third-order valence-corrected chi connectivity index (χ3v) is 5.33. The highest BCUT2D eigenvalue weighted by Crippen LogP contribution is 2.33. The third-order valence-electron chi connectivity index (χ3n) is 4.10. The van der Waals surface area contributed by atoms with Crippen LogP contribution in [0.15, 0.2) is 42.5 Å². The maximum absolute atomic E-state index is 12.3. The van der Waals surface area contributed by atoms with E-state index in [1.165, 1.54) is 7.11 Å². The molecule has 3 rings (SSSR count). The first-order valence-electron chi connectivity index (χ1n) is 8.33. The fourth-order valence-electron chi connectivity index (χ4n) is 2.75. The van der Waals surface area contributed by atoms with Gasteiger partial charge >= 0.3 is 5.97 Å². The van der Waals surface area contributed by atoms with Crippen molar-refractivity contribution >= 4 is 44.9 Å². The van der Waals surface area contributed by atoms with Gasteiger partial charge in [-0.3, -0.25) is 9.59 Å². The molecule has 28 heavy (non-hydrogen) atoms. The van der Waals surface area contributed by atoms with E-state index >= 15 is 0 Å². The van der Waals surface area contributed by atoms with Crippen LogP contribution in [0.25, 0.3) is 10.8 Å². The molecule has 7 nitrogen and oxygen atoms in total. The smallest absolute Gasteiger partial charge is 0.341 e. The highest BCUT2D eigenvalue weighted by Gasteiger charge is 2.25. The normalized spacial score (nSPS) is 10.5. The Bertz CT molecular complexity index is 1070. The number of nitrogens with one attached hydrogen (secondary N) is 1. The van der Waals surface area contributed by atoms with Gasteiger partial charge in [-0.25, -0.2) is 4.79 Å². The van der Waals surface area contributed by atoms with Crippen molar-refractivity contribution in [3.8, 4) is 5.75 Å². The first kappa shape index (κ1) is 19.4. The Morgan fingerprint density at radius 1 is 1.11 bits per heavy atom. The molecule has 2 amide bonds. The Kier molecular flexibility index (Phi) is 5.60. The number of methoxy groups -OCH3 is 1. The summed E-state index contributed by atoms with van der Waals surface area (Å²) in [7, 11) is 1.22. The van der Waals surface area contributed by atoms with Gasteiger partial charge in [-0.05, 0) is 35.4 Å². The standard InChI is InChI=1S/C20H18N2O5S/c1-11-16(20(25)26-2)19(28-17(11)18(21)24)22-15(23)10-27-14-8-7-12-5-3-4-6-13(12)9-14/h3-9H,10H2,1-2H3,(H2,21,24)(H,22,23). The summed E-state index contributed by atoms with van der Waals surface area (Å²) in [6.07, 6.45) is 0. The van der Waals surface area contributed by atoms with E-state index in [2.05, 4.69) is 5.32 Å². The van der Waals surface area contributed by atoms with Gasteiger partial charge in [0.2, 0.25) is 0 Å². The number of carbonyl (C=O) groups excluding carboxylic acids is 3. The van der Waals surface area contributed by atoms with Gasteiger partial charge in [0.25, 0.3) is 11.8 Å². The molecule has 0 spiro atoms. The van der Waals surface area contributed by atoms with E-state index in [1.54, 1.807) is 13.0 Å². The van der Waals surface area contributed by atoms with Crippen molar-refractivity contribution in [2.45, 2.75) is 6.92 Å². The largest absolute Gasteiger partial charge is 0.484 e. The summed E-state index contributed by atoms with van der Waals surface area (Å²) in [5, 5.41) is 4.85. The summed E-state index contributed by atoms with van der Waals surface area (Å²) in [6.45, 7) is 1.31. The zero-order valence-electron chi connectivity index (χ0n) is 15.3. The molecule has 0 unspecified atom stereocenters. The lowest BCUT2D eigenvalue weighted by molar-refractivity contribution is -0.118. The molecule has 0 atom stereocenters. The van der Waals surface area contributed by atoms with Crippen molar-refractivity contribution in [2.75, 3.05) is 19.0 Å². The van der Waals surface area contributed by atoms with Crippen LogP contribution in [0, 0.1) is 6.92 Å². The Morgan fingerprint density at radius 3 is 2.50 bits per heavy atom. The highest BCUT2D eigenvalue weighted by molar-refractivity contribution is 7.18. The zero-order valence-corrected chi connectivity index (χ0v) is 16.1. The molecule has 0 aliphatic carbocycles. The number of amides is 2. The lowest BCUT2D eigenvalue weighted by atomic mass is 10.1. The van der Waals surface area contributed by atoms with Crippen molar-refractivity contribution in [1.82, 2.24) is 0 Å². The molecule has 0 saturated heterocycles. The molecule has 2 aromatic carbocycles. The predicted octanol–water partition coefficient (Wildman–Crippen LogP) is 3.11. The molecule has 0 saturated carbocycles. The van der Waals surface area contributed by atoms with E-state index in [9.17, 15) is 14.4 Å². The van der Waals surface area contributed by atoms with Crippen molar-refractivity contribution in [3.63, 3.8) is 0 Å². The number of esters is 1. The molecule has 0 bridgehead atoms. The predicted molar refractivity (Wildman–Crippen MR) is 107 cm³/mol. The number of ether oxygens (including phenoxy) is 2. The Balaban J connectivity index is 1.74. The van der Waals surface area contributed by atoms with E-state index in [0.717, 1.165) is 22.1 Å². The minimum absolute atomic E-state index is 0.111. The van der Waals surface area contributed by atoms with Crippen molar-refractivity contribution < 1.29 is 23.9 Å². The van der Waals surface area contributed by atoms with Gasteiger partial charge in [-0.15, -0.1) is 11.3 Å².